The molecule has 0 saturated carbocycles. The summed E-state index contributed by atoms with van der Waals surface area (Å²) >= 11 is 0. The summed E-state index contributed by atoms with van der Waals surface area (Å²) in [6, 6.07) is 0. The molecular weight excluding hydrogens is 244 g/mol. The van der Waals surface area contributed by atoms with Gasteiger partial charge in [-0.2, -0.15) is 0 Å². The number of carbonyl (C=O) groups is 3. The Hall–Kier alpha value is -1.39. The fourth-order valence-corrected chi connectivity index (χ4v) is 2.17. The van der Waals surface area contributed by atoms with E-state index in [-0.39, 0.29) is 23.6 Å². The smallest absolute Gasteiger partial charge is 0.232 e. The van der Waals surface area contributed by atoms with E-state index < -0.39 is 0 Å². The third-order valence-corrected chi connectivity index (χ3v) is 3.33. The van der Waals surface area contributed by atoms with Gasteiger partial charge in [-0.25, -0.2) is 0 Å². The van der Waals surface area contributed by atoms with Gasteiger partial charge in [-0.3, -0.25) is 19.3 Å². The van der Waals surface area contributed by atoms with Crippen LogP contribution < -0.4 is 5.32 Å². The predicted octanol–water partition coefficient (Wildman–Crippen LogP) is 1.47. The number of carbonyl (C=O) groups excluding carboxylic acids is 3. The second kappa shape index (κ2) is 7.92. The molecule has 1 N–H and O–H groups in total. The van der Waals surface area contributed by atoms with Gasteiger partial charge in [-0.05, 0) is 19.3 Å². The second-order valence-electron chi connectivity index (χ2n) is 5.15. The van der Waals surface area contributed by atoms with Gasteiger partial charge in [0.2, 0.25) is 17.7 Å². The molecule has 1 atom stereocenters. The van der Waals surface area contributed by atoms with Crippen LogP contribution in [0.5, 0.6) is 0 Å². The van der Waals surface area contributed by atoms with E-state index in [0.29, 0.717) is 19.4 Å². The van der Waals surface area contributed by atoms with Crippen LogP contribution >= 0.6 is 0 Å². The minimum absolute atomic E-state index is 0.0503. The first kappa shape index (κ1) is 15.7. The van der Waals surface area contributed by atoms with Crippen LogP contribution in [0.4, 0.5) is 0 Å². The van der Waals surface area contributed by atoms with Gasteiger partial charge in [-0.15, -0.1) is 0 Å². The number of unbranched alkanes of at least 4 members (excludes halogenated alkanes) is 2. The Balaban J connectivity index is 2.09. The molecule has 0 aromatic heterocycles. The fourth-order valence-electron chi connectivity index (χ4n) is 2.17. The first-order valence-corrected chi connectivity index (χ1v) is 7.17. The molecule has 0 aromatic carbocycles. The molecule has 1 aliphatic rings. The van der Waals surface area contributed by atoms with Crippen molar-refractivity contribution < 1.29 is 14.4 Å². The molecule has 1 rings (SSSR count). The molecule has 1 saturated heterocycles. The molecule has 1 aliphatic heterocycles. The van der Waals surface area contributed by atoms with Crippen molar-refractivity contribution in [3.63, 3.8) is 0 Å². The number of imide groups is 1. The number of hydrogen-bond donors (Lipinski definition) is 1. The molecule has 19 heavy (non-hydrogen) atoms. The maximum atomic E-state index is 11.6. The first-order valence-electron chi connectivity index (χ1n) is 7.17. The molecule has 5 nitrogen and oxygen atoms in total. The largest absolute Gasteiger partial charge is 0.356 e. The van der Waals surface area contributed by atoms with Crippen molar-refractivity contribution in [1.82, 2.24) is 10.2 Å². The van der Waals surface area contributed by atoms with Crippen LogP contribution in [0.15, 0.2) is 0 Å². The number of amides is 3. The van der Waals surface area contributed by atoms with E-state index in [0.717, 1.165) is 32.2 Å². The van der Waals surface area contributed by atoms with Crippen LogP contribution in [0, 0.1) is 5.92 Å². The summed E-state index contributed by atoms with van der Waals surface area (Å²) in [5.74, 6) is -0.181. The predicted molar refractivity (Wildman–Crippen MR) is 72.3 cm³/mol. The van der Waals surface area contributed by atoms with Crippen LogP contribution in [0.25, 0.3) is 0 Å². The van der Waals surface area contributed by atoms with Gasteiger partial charge < -0.3 is 5.32 Å². The van der Waals surface area contributed by atoms with Gasteiger partial charge in [0.1, 0.15) is 0 Å². The Kier molecular flexibility index (Phi) is 6.53. The third-order valence-electron chi connectivity index (χ3n) is 3.33. The zero-order valence-corrected chi connectivity index (χ0v) is 11.9. The van der Waals surface area contributed by atoms with Crippen molar-refractivity contribution in [2.75, 3.05) is 13.1 Å². The molecule has 0 aromatic rings. The number of rotatable bonds is 8. The lowest BCUT2D eigenvalue weighted by molar-refractivity contribution is -0.139. The van der Waals surface area contributed by atoms with Crippen molar-refractivity contribution in [2.45, 2.75) is 52.4 Å². The molecule has 1 unspecified atom stereocenters. The van der Waals surface area contributed by atoms with E-state index in [4.69, 9.17) is 0 Å². The lowest BCUT2D eigenvalue weighted by Gasteiger charge is -2.13. The molecule has 0 spiro atoms. The Morgan fingerprint density at radius 1 is 1.32 bits per heavy atom. The molecule has 1 heterocycles. The summed E-state index contributed by atoms with van der Waals surface area (Å²) in [4.78, 5) is 35.9. The second-order valence-corrected chi connectivity index (χ2v) is 5.15. The maximum Gasteiger partial charge on any atom is 0.232 e. The highest BCUT2D eigenvalue weighted by molar-refractivity contribution is 6.03. The Morgan fingerprint density at radius 3 is 2.63 bits per heavy atom. The normalized spacial score (nSPS) is 19.1. The topological polar surface area (TPSA) is 66.5 Å². The van der Waals surface area contributed by atoms with Crippen LogP contribution in [0.3, 0.4) is 0 Å². The van der Waals surface area contributed by atoms with E-state index in [1.807, 2.05) is 6.92 Å². The van der Waals surface area contributed by atoms with Gasteiger partial charge in [0, 0.05) is 31.8 Å². The minimum atomic E-state index is -0.160. The lowest BCUT2D eigenvalue weighted by Crippen LogP contribution is -2.31. The van der Waals surface area contributed by atoms with Gasteiger partial charge >= 0.3 is 0 Å². The molecule has 0 aliphatic carbocycles. The molecule has 0 radical (unpaired) electrons. The highest BCUT2D eigenvalue weighted by Gasteiger charge is 2.34. The average Bonchev–Trinajstić information content (AvgIpc) is 2.62. The molecule has 0 bridgehead atoms. The number of nitrogens with zero attached hydrogens (tertiary/aromatic N) is 1. The number of likely N-dealkylation sites (tertiary alicyclic amines) is 1. The van der Waals surface area contributed by atoms with Gasteiger partial charge in [0.15, 0.2) is 0 Å². The van der Waals surface area contributed by atoms with Crippen LogP contribution in [0.2, 0.25) is 0 Å². The third kappa shape index (κ3) is 5.01. The molecule has 5 heteroatoms. The quantitative estimate of drug-likeness (QED) is 0.535. The molecule has 3 amide bonds. The monoisotopic (exact) mass is 268 g/mol. The van der Waals surface area contributed by atoms with E-state index in [1.54, 1.807) is 6.92 Å². The van der Waals surface area contributed by atoms with E-state index in [9.17, 15) is 14.4 Å². The van der Waals surface area contributed by atoms with Crippen LogP contribution in [0.1, 0.15) is 52.4 Å². The average molecular weight is 268 g/mol. The summed E-state index contributed by atoms with van der Waals surface area (Å²) in [5, 5.41) is 2.83. The summed E-state index contributed by atoms with van der Waals surface area (Å²) in [5.41, 5.74) is 0. The van der Waals surface area contributed by atoms with Crippen LogP contribution in [-0.4, -0.2) is 35.7 Å². The standard InChI is InChI=1S/C14H24N2O3/c1-3-8-15-12(17)7-5-4-6-9-16-13(18)10-11(2)14(16)19/h11H,3-10H2,1-2H3,(H,15,17). The lowest BCUT2D eigenvalue weighted by atomic mass is 10.1. The Bertz CT molecular complexity index is 342. The Morgan fingerprint density at radius 2 is 2.05 bits per heavy atom. The van der Waals surface area contributed by atoms with Crippen molar-refractivity contribution in [3.05, 3.63) is 0 Å². The zero-order chi connectivity index (χ0) is 14.3. The zero-order valence-electron chi connectivity index (χ0n) is 11.9. The highest BCUT2D eigenvalue weighted by Crippen LogP contribution is 2.19. The van der Waals surface area contributed by atoms with E-state index >= 15 is 0 Å². The van der Waals surface area contributed by atoms with Crippen molar-refractivity contribution >= 4 is 17.7 Å². The fraction of sp³-hybridized carbons (Fsp3) is 0.786. The minimum Gasteiger partial charge on any atom is -0.356 e. The summed E-state index contributed by atoms with van der Waals surface area (Å²) < 4.78 is 0. The van der Waals surface area contributed by atoms with Crippen molar-refractivity contribution in [2.24, 2.45) is 5.92 Å². The number of nitrogens with one attached hydrogen (secondary N) is 1. The van der Waals surface area contributed by atoms with Crippen LogP contribution in [-0.2, 0) is 14.4 Å². The summed E-state index contributed by atoms with van der Waals surface area (Å²) in [6.07, 6.45) is 4.28. The molecule has 1 fully saturated rings. The summed E-state index contributed by atoms with van der Waals surface area (Å²) in [6.45, 7) is 5.04. The number of hydrogen-bond acceptors (Lipinski definition) is 3. The van der Waals surface area contributed by atoms with Gasteiger partial charge in [0.25, 0.3) is 0 Å². The summed E-state index contributed by atoms with van der Waals surface area (Å²) in [7, 11) is 0. The maximum absolute atomic E-state index is 11.6. The van der Waals surface area contributed by atoms with Crippen molar-refractivity contribution in [3.8, 4) is 0 Å². The SMILES string of the molecule is CCCNC(=O)CCCCCN1C(=O)CC(C)C1=O. The molecular formula is C14H24N2O3. The van der Waals surface area contributed by atoms with Gasteiger partial charge in [0.05, 0.1) is 0 Å². The van der Waals surface area contributed by atoms with E-state index in [1.165, 1.54) is 4.90 Å². The molecule has 108 valence electrons. The first-order chi connectivity index (χ1) is 9.06. The van der Waals surface area contributed by atoms with Gasteiger partial charge in [-0.1, -0.05) is 20.3 Å². The highest BCUT2D eigenvalue weighted by atomic mass is 16.2. The Labute approximate surface area is 114 Å². The van der Waals surface area contributed by atoms with Crippen molar-refractivity contribution in [1.29, 1.82) is 0 Å². The van der Waals surface area contributed by atoms with E-state index in [2.05, 4.69) is 5.32 Å².